The first-order chi connectivity index (χ1) is 14.0. The van der Waals surface area contributed by atoms with Crippen LogP contribution in [0, 0.1) is 6.92 Å². The number of benzene rings is 2. The van der Waals surface area contributed by atoms with Gasteiger partial charge in [-0.1, -0.05) is 29.8 Å². The molecule has 0 unspecified atom stereocenters. The van der Waals surface area contributed by atoms with E-state index in [1.54, 1.807) is 24.5 Å². The Morgan fingerprint density at radius 3 is 2.52 bits per heavy atom. The summed E-state index contributed by atoms with van der Waals surface area (Å²) in [5.41, 5.74) is 2.80. The first-order valence-electron chi connectivity index (χ1n) is 9.07. The number of para-hydroxylation sites is 1. The number of carbonyl (C=O) groups excluding carboxylic acids is 2. The van der Waals surface area contributed by atoms with Gasteiger partial charge in [0.25, 0.3) is 5.91 Å². The lowest BCUT2D eigenvalue weighted by Gasteiger charge is -2.16. The van der Waals surface area contributed by atoms with Gasteiger partial charge in [-0.05, 0) is 43.3 Å². The van der Waals surface area contributed by atoms with E-state index in [-0.39, 0.29) is 18.4 Å². The summed E-state index contributed by atoms with van der Waals surface area (Å²) in [7, 11) is 1.63. The number of carbonyl (C=O) groups is 2. The maximum atomic E-state index is 12.7. The Labute approximate surface area is 176 Å². The van der Waals surface area contributed by atoms with E-state index in [1.165, 1.54) is 16.2 Å². The van der Waals surface area contributed by atoms with Crippen molar-refractivity contribution in [1.82, 2.24) is 9.88 Å². The number of hydrogen-bond donors (Lipinski definition) is 1. The third-order valence-corrected chi connectivity index (χ3v) is 6.66. The zero-order valence-corrected chi connectivity index (χ0v) is 17.6. The predicted molar refractivity (Wildman–Crippen MR) is 120 cm³/mol. The minimum absolute atomic E-state index is 0.0128. The third-order valence-electron chi connectivity index (χ3n) is 4.38. The molecule has 0 aliphatic carbocycles. The fourth-order valence-electron chi connectivity index (χ4n) is 2.86. The number of amides is 2. The number of nitrogens with one attached hydrogen (secondary N) is 1. The Kier molecular flexibility index (Phi) is 5.42. The van der Waals surface area contributed by atoms with E-state index in [0.717, 1.165) is 31.4 Å². The van der Waals surface area contributed by atoms with Crippen LogP contribution in [0.1, 0.15) is 15.2 Å². The highest BCUT2D eigenvalue weighted by atomic mass is 32.1. The normalized spacial score (nSPS) is 10.8. The molecule has 0 saturated carbocycles. The summed E-state index contributed by atoms with van der Waals surface area (Å²) in [6, 6.07) is 19.2. The number of aromatic nitrogens is 1. The van der Waals surface area contributed by atoms with Gasteiger partial charge in [0, 0.05) is 12.7 Å². The summed E-state index contributed by atoms with van der Waals surface area (Å²) in [5.74, 6) is -0.408. The van der Waals surface area contributed by atoms with Crippen molar-refractivity contribution < 1.29 is 9.59 Å². The van der Waals surface area contributed by atoms with Gasteiger partial charge < -0.3 is 10.2 Å². The number of thiazole rings is 1. The highest BCUT2D eigenvalue weighted by molar-refractivity contribution is 7.26. The molecule has 29 heavy (non-hydrogen) atoms. The Balaban J connectivity index is 1.42. The molecule has 0 bridgehead atoms. The number of thiophene rings is 1. The third kappa shape index (κ3) is 4.36. The number of rotatable bonds is 5. The maximum Gasteiger partial charge on any atom is 0.264 e. The van der Waals surface area contributed by atoms with Crippen LogP contribution in [0.2, 0.25) is 0 Å². The molecular weight excluding hydrogens is 402 g/mol. The summed E-state index contributed by atoms with van der Waals surface area (Å²) in [6.45, 7) is 1.97. The van der Waals surface area contributed by atoms with Crippen LogP contribution in [0.5, 0.6) is 0 Å². The van der Waals surface area contributed by atoms with Gasteiger partial charge in [0.15, 0.2) is 0 Å². The van der Waals surface area contributed by atoms with Crippen LogP contribution in [0.25, 0.3) is 20.1 Å². The molecule has 0 aliphatic rings. The average molecular weight is 422 g/mol. The lowest BCUT2D eigenvalue weighted by atomic mass is 10.2. The molecule has 4 aromatic rings. The number of anilines is 1. The largest absolute Gasteiger partial charge is 0.332 e. The number of hydrogen-bond acceptors (Lipinski definition) is 5. The minimum Gasteiger partial charge on any atom is -0.332 e. The maximum absolute atomic E-state index is 12.7. The molecule has 146 valence electrons. The van der Waals surface area contributed by atoms with Crippen LogP contribution in [0.15, 0.2) is 60.7 Å². The molecule has 1 N–H and O–H groups in total. The molecule has 0 spiro atoms. The van der Waals surface area contributed by atoms with Gasteiger partial charge in [-0.2, -0.15) is 0 Å². The molecule has 0 fully saturated rings. The SMILES string of the molecule is Cc1ccc(NC(=O)CN(C)C(=O)c2ccc(-c3nc4ccccc4s3)s2)cc1. The number of fused-ring (bicyclic) bond motifs is 1. The minimum atomic E-state index is -0.229. The standard InChI is InChI=1S/C22H19N3O2S2/c1-14-7-9-15(10-8-14)23-20(26)13-25(2)22(27)19-12-11-18(28-19)21-24-16-5-3-4-6-17(16)29-21/h3-12H,13H2,1-2H3,(H,23,26). The summed E-state index contributed by atoms with van der Waals surface area (Å²) >= 11 is 3.00. The van der Waals surface area contributed by atoms with Crippen molar-refractivity contribution in [3.8, 4) is 9.88 Å². The van der Waals surface area contributed by atoms with Crippen molar-refractivity contribution in [2.24, 2.45) is 0 Å². The number of likely N-dealkylation sites (N-methyl/N-ethyl adjacent to an activating group) is 1. The van der Waals surface area contributed by atoms with Gasteiger partial charge in [-0.3, -0.25) is 9.59 Å². The molecule has 0 saturated heterocycles. The fourth-order valence-corrected chi connectivity index (χ4v) is 4.88. The van der Waals surface area contributed by atoms with Crippen molar-refractivity contribution in [2.75, 3.05) is 18.9 Å². The van der Waals surface area contributed by atoms with E-state index < -0.39 is 0 Å². The molecule has 5 nitrogen and oxygen atoms in total. The van der Waals surface area contributed by atoms with Crippen molar-refractivity contribution in [1.29, 1.82) is 0 Å². The van der Waals surface area contributed by atoms with Gasteiger partial charge >= 0.3 is 0 Å². The second-order valence-electron chi connectivity index (χ2n) is 6.73. The Bertz CT molecular complexity index is 1150. The van der Waals surface area contributed by atoms with Crippen molar-refractivity contribution in [3.05, 3.63) is 71.1 Å². The Morgan fingerprint density at radius 2 is 1.76 bits per heavy atom. The van der Waals surface area contributed by atoms with Crippen LogP contribution in [-0.2, 0) is 4.79 Å². The Morgan fingerprint density at radius 1 is 1.00 bits per heavy atom. The Hall–Kier alpha value is -3.03. The lowest BCUT2D eigenvalue weighted by molar-refractivity contribution is -0.116. The van der Waals surface area contributed by atoms with Gasteiger partial charge in [-0.25, -0.2) is 4.98 Å². The highest BCUT2D eigenvalue weighted by Gasteiger charge is 2.18. The molecule has 2 aromatic heterocycles. The average Bonchev–Trinajstić information content (AvgIpc) is 3.36. The molecule has 0 radical (unpaired) electrons. The first-order valence-corrected chi connectivity index (χ1v) is 10.7. The van der Waals surface area contributed by atoms with E-state index in [1.807, 2.05) is 61.5 Å². The first kappa shape index (κ1) is 19.3. The number of nitrogens with zero attached hydrogens (tertiary/aromatic N) is 2. The summed E-state index contributed by atoms with van der Waals surface area (Å²) < 4.78 is 1.12. The van der Waals surface area contributed by atoms with Gasteiger partial charge in [-0.15, -0.1) is 22.7 Å². The van der Waals surface area contributed by atoms with Gasteiger partial charge in [0.05, 0.1) is 26.5 Å². The van der Waals surface area contributed by atoms with E-state index in [2.05, 4.69) is 10.3 Å². The predicted octanol–water partition coefficient (Wildman–Crippen LogP) is 5.04. The van der Waals surface area contributed by atoms with E-state index in [4.69, 9.17) is 0 Å². The van der Waals surface area contributed by atoms with Crippen molar-refractivity contribution in [2.45, 2.75) is 6.92 Å². The quantitative estimate of drug-likeness (QED) is 0.491. The lowest BCUT2D eigenvalue weighted by Crippen LogP contribution is -2.34. The van der Waals surface area contributed by atoms with Crippen LogP contribution >= 0.6 is 22.7 Å². The topological polar surface area (TPSA) is 62.3 Å². The summed E-state index contributed by atoms with van der Waals surface area (Å²) in [6.07, 6.45) is 0. The molecule has 4 rings (SSSR count). The van der Waals surface area contributed by atoms with Gasteiger partial charge in [0.2, 0.25) is 5.91 Å². The van der Waals surface area contributed by atoms with Crippen LogP contribution in [0.4, 0.5) is 5.69 Å². The highest BCUT2D eigenvalue weighted by Crippen LogP contribution is 2.34. The summed E-state index contributed by atoms with van der Waals surface area (Å²) in [5, 5.41) is 3.71. The molecule has 2 heterocycles. The van der Waals surface area contributed by atoms with Gasteiger partial charge in [0.1, 0.15) is 5.01 Å². The molecule has 7 heteroatoms. The monoisotopic (exact) mass is 421 g/mol. The molecule has 2 amide bonds. The van der Waals surface area contributed by atoms with Crippen LogP contribution < -0.4 is 5.32 Å². The van der Waals surface area contributed by atoms with E-state index in [9.17, 15) is 9.59 Å². The van der Waals surface area contributed by atoms with Crippen molar-refractivity contribution >= 4 is 50.4 Å². The zero-order valence-electron chi connectivity index (χ0n) is 16.0. The molecule has 2 aromatic carbocycles. The molecule has 0 atom stereocenters. The molecule has 0 aliphatic heterocycles. The fraction of sp³-hybridized carbons (Fsp3) is 0.136. The summed E-state index contributed by atoms with van der Waals surface area (Å²) in [4.78, 5) is 32.6. The second kappa shape index (κ2) is 8.14. The van der Waals surface area contributed by atoms with E-state index in [0.29, 0.717) is 4.88 Å². The molecular formula is C22H19N3O2S2. The zero-order chi connectivity index (χ0) is 20.4. The second-order valence-corrected chi connectivity index (χ2v) is 8.84. The van der Waals surface area contributed by atoms with Crippen LogP contribution in [-0.4, -0.2) is 35.3 Å². The van der Waals surface area contributed by atoms with Crippen LogP contribution in [0.3, 0.4) is 0 Å². The van der Waals surface area contributed by atoms with E-state index >= 15 is 0 Å². The van der Waals surface area contributed by atoms with Crippen molar-refractivity contribution in [3.63, 3.8) is 0 Å². The smallest absolute Gasteiger partial charge is 0.264 e. The number of aryl methyl sites for hydroxylation is 1.